The van der Waals surface area contributed by atoms with Gasteiger partial charge in [0, 0.05) is 26.0 Å². The molecule has 0 aromatic rings. The second-order valence-electron chi connectivity index (χ2n) is 10.0. The molecule has 2 N–H and O–H groups in total. The number of hydrogen-bond acceptors (Lipinski definition) is 7. The topological polar surface area (TPSA) is 124 Å². The van der Waals surface area contributed by atoms with Crippen LogP contribution in [0.1, 0.15) is 110 Å². The maximum atomic E-state index is 12.0. The summed E-state index contributed by atoms with van der Waals surface area (Å²) in [6.07, 6.45) is 18.1. The number of hydrogen-bond donors (Lipinski definition) is 2. The monoisotopic (exact) mass is 644 g/mol. The van der Waals surface area contributed by atoms with Crippen molar-refractivity contribution in [2.24, 2.45) is 0 Å². The van der Waals surface area contributed by atoms with Crippen LogP contribution in [0.15, 0.2) is 0 Å². The summed E-state index contributed by atoms with van der Waals surface area (Å²) < 4.78 is 31.7. The van der Waals surface area contributed by atoms with E-state index in [1.54, 1.807) is 0 Å². The van der Waals surface area contributed by atoms with Crippen molar-refractivity contribution in [2.75, 3.05) is 45.8 Å². The number of unbranched alkanes of at least 4 members (excludes halogenated alkanes) is 15. The van der Waals surface area contributed by atoms with Crippen LogP contribution in [-0.2, 0) is 23.1 Å². The third kappa shape index (κ3) is 25.8. The number of carbonyl (C=O) groups excluding carboxylic acids is 2. The molecular weight excluding hydrogens is 591 g/mol. The number of ether oxygens (including phenoxy) is 2. The van der Waals surface area contributed by atoms with E-state index >= 15 is 0 Å². The number of phosphoric acid groups is 1. The van der Waals surface area contributed by atoms with E-state index in [1.165, 1.54) is 102 Å². The van der Waals surface area contributed by atoms with Crippen LogP contribution in [0.4, 0.5) is 9.59 Å². The van der Waals surface area contributed by atoms with Gasteiger partial charge in [-0.15, -0.1) is 0 Å². The van der Waals surface area contributed by atoms with Crippen LogP contribution in [0.25, 0.3) is 0 Å². The van der Waals surface area contributed by atoms with Gasteiger partial charge in [-0.1, -0.05) is 119 Å². The van der Waals surface area contributed by atoms with Gasteiger partial charge in [0.05, 0.1) is 13.2 Å². The summed E-state index contributed by atoms with van der Waals surface area (Å²) in [6, 6.07) is 0. The molecule has 0 heterocycles. The zero-order chi connectivity index (χ0) is 29.2. The standard InChI is InChI=1S/C27H54BrN2O8P/c1-4-5-6-7-8-9-10-11-12-13-14-15-16-17-18-19-21-29-26(31)35-23-25(38-27(32)30(2)3)24-37-39(33,34)36-22-20-28/h25H,4-24H2,1-3H3,(H,29,31)(H,33,34). The van der Waals surface area contributed by atoms with E-state index in [2.05, 4.69) is 28.2 Å². The average molecular weight is 646 g/mol. The summed E-state index contributed by atoms with van der Waals surface area (Å²) in [4.78, 5) is 34.7. The first-order valence-corrected chi connectivity index (χ1v) is 17.3. The molecule has 12 heteroatoms. The highest BCUT2D eigenvalue weighted by molar-refractivity contribution is 9.09. The molecule has 0 spiro atoms. The van der Waals surface area contributed by atoms with Gasteiger partial charge >= 0.3 is 20.0 Å². The first-order valence-electron chi connectivity index (χ1n) is 14.7. The average Bonchev–Trinajstić information content (AvgIpc) is 2.90. The zero-order valence-corrected chi connectivity index (χ0v) is 27.0. The molecule has 39 heavy (non-hydrogen) atoms. The molecule has 2 unspecified atom stereocenters. The molecule has 0 aliphatic rings. The maximum absolute atomic E-state index is 12.0. The highest BCUT2D eigenvalue weighted by atomic mass is 79.9. The van der Waals surface area contributed by atoms with Crippen molar-refractivity contribution in [1.29, 1.82) is 0 Å². The molecule has 0 radical (unpaired) electrons. The molecule has 10 nitrogen and oxygen atoms in total. The number of phosphoric ester groups is 1. The molecule has 2 amide bonds. The minimum atomic E-state index is -4.32. The van der Waals surface area contributed by atoms with Crippen molar-refractivity contribution >= 4 is 35.9 Å². The first-order chi connectivity index (χ1) is 18.7. The summed E-state index contributed by atoms with van der Waals surface area (Å²) in [5, 5.41) is 3.03. The summed E-state index contributed by atoms with van der Waals surface area (Å²) >= 11 is 3.08. The quantitative estimate of drug-likeness (QED) is 0.0561. The SMILES string of the molecule is CCCCCCCCCCCCCCCCCCNC(=O)OCC(COP(=O)(O)OCCBr)OC(=O)N(C)C. The zero-order valence-electron chi connectivity index (χ0n) is 24.5. The lowest BCUT2D eigenvalue weighted by molar-refractivity contribution is 0.00142. The van der Waals surface area contributed by atoms with Gasteiger partial charge in [-0.05, 0) is 6.42 Å². The number of halogens is 1. The lowest BCUT2D eigenvalue weighted by atomic mass is 10.0. The van der Waals surface area contributed by atoms with Crippen LogP contribution >= 0.6 is 23.8 Å². The number of alkyl halides is 1. The van der Waals surface area contributed by atoms with Crippen LogP contribution in [0.2, 0.25) is 0 Å². The van der Waals surface area contributed by atoms with Crippen LogP contribution in [0, 0.1) is 0 Å². The summed E-state index contributed by atoms with van der Waals surface area (Å²) in [5.41, 5.74) is 0. The molecule has 0 fully saturated rings. The molecule has 0 aliphatic heterocycles. The molecule has 0 aromatic carbocycles. The van der Waals surface area contributed by atoms with Crippen LogP contribution in [0.3, 0.4) is 0 Å². The van der Waals surface area contributed by atoms with E-state index in [-0.39, 0.29) is 13.2 Å². The van der Waals surface area contributed by atoms with E-state index in [0.717, 1.165) is 19.3 Å². The number of amides is 2. The Morgan fingerprint density at radius 1 is 0.821 bits per heavy atom. The largest absolute Gasteiger partial charge is 0.472 e. The molecule has 2 atom stereocenters. The highest BCUT2D eigenvalue weighted by Gasteiger charge is 2.26. The van der Waals surface area contributed by atoms with Gasteiger partial charge in [0.25, 0.3) is 0 Å². The molecule has 0 aliphatic carbocycles. The number of nitrogens with zero attached hydrogens (tertiary/aromatic N) is 1. The maximum Gasteiger partial charge on any atom is 0.472 e. The Kier molecular flexibility index (Phi) is 25.5. The minimum Gasteiger partial charge on any atom is -0.446 e. The van der Waals surface area contributed by atoms with Crippen molar-refractivity contribution in [1.82, 2.24) is 10.2 Å². The lowest BCUT2D eigenvalue weighted by Gasteiger charge is -2.21. The van der Waals surface area contributed by atoms with Crippen molar-refractivity contribution in [3.63, 3.8) is 0 Å². The van der Waals surface area contributed by atoms with Crippen LogP contribution in [0.5, 0.6) is 0 Å². The van der Waals surface area contributed by atoms with Crippen LogP contribution in [-0.4, -0.2) is 73.9 Å². The number of alkyl carbamates (subject to hydrolysis) is 1. The van der Waals surface area contributed by atoms with Crippen molar-refractivity contribution in [3.05, 3.63) is 0 Å². The molecular formula is C27H54BrN2O8P. The smallest absolute Gasteiger partial charge is 0.446 e. The Morgan fingerprint density at radius 2 is 1.31 bits per heavy atom. The number of nitrogens with one attached hydrogen (secondary N) is 1. The van der Waals surface area contributed by atoms with E-state index in [9.17, 15) is 19.0 Å². The first kappa shape index (κ1) is 38.1. The predicted molar refractivity (Wildman–Crippen MR) is 158 cm³/mol. The molecule has 232 valence electrons. The third-order valence-electron chi connectivity index (χ3n) is 6.09. The van der Waals surface area contributed by atoms with Crippen molar-refractivity contribution in [3.8, 4) is 0 Å². The fraction of sp³-hybridized carbons (Fsp3) is 0.926. The lowest BCUT2D eigenvalue weighted by Crippen LogP contribution is -2.36. The minimum absolute atomic E-state index is 0.0335. The Morgan fingerprint density at radius 3 is 1.77 bits per heavy atom. The number of rotatable bonds is 26. The second kappa shape index (κ2) is 26.1. The van der Waals surface area contributed by atoms with E-state index in [0.29, 0.717) is 11.9 Å². The second-order valence-corrected chi connectivity index (χ2v) is 12.3. The number of carbonyl (C=O) groups is 2. The summed E-state index contributed by atoms with van der Waals surface area (Å²) in [7, 11) is -1.34. The molecule has 0 rings (SSSR count). The van der Waals surface area contributed by atoms with E-state index < -0.39 is 32.7 Å². The van der Waals surface area contributed by atoms with Gasteiger partial charge in [0.1, 0.15) is 6.61 Å². The third-order valence-corrected chi connectivity index (χ3v) is 7.40. The molecule has 0 saturated carbocycles. The van der Waals surface area contributed by atoms with Gasteiger partial charge < -0.3 is 24.6 Å². The summed E-state index contributed by atoms with van der Waals surface area (Å²) in [5.74, 6) is 0. The van der Waals surface area contributed by atoms with E-state index in [4.69, 9.17) is 18.5 Å². The fourth-order valence-electron chi connectivity index (χ4n) is 3.81. The molecule has 0 bridgehead atoms. The van der Waals surface area contributed by atoms with Crippen LogP contribution < -0.4 is 5.32 Å². The summed E-state index contributed by atoms with van der Waals surface area (Å²) in [6.45, 7) is 1.91. The fourth-order valence-corrected chi connectivity index (χ4v) is 4.98. The van der Waals surface area contributed by atoms with Gasteiger partial charge in [-0.3, -0.25) is 9.05 Å². The Labute approximate surface area is 245 Å². The van der Waals surface area contributed by atoms with Gasteiger partial charge in [0.15, 0.2) is 6.10 Å². The molecule has 0 aromatic heterocycles. The molecule has 0 saturated heterocycles. The highest BCUT2D eigenvalue weighted by Crippen LogP contribution is 2.43. The predicted octanol–water partition coefficient (Wildman–Crippen LogP) is 7.57. The van der Waals surface area contributed by atoms with Crippen molar-refractivity contribution < 1.29 is 37.6 Å². The Balaban J connectivity index is 3.85. The normalized spacial score (nSPS) is 13.5. The van der Waals surface area contributed by atoms with Gasteiger partial charge in [0.2, 0.25) is 0 Å². The van der Waals surface area contributed by atoms with Crippen molar-refractivity contribution in [2.45, 2.75) is 116 Å². The Bertz CT molecular complexity index is 657. The van der Waals surface area contributed by atoms with Gasteiger partial charge in [-0.2, -0.15) is 0 Å². The Hall–Kier alpha value is -0.870. The van der Waals surface area contributed by atoms with Gasteiger partial charge in [-0.25, -0.2) is 14.2 Å². The van der Waals surface area contributed by atoms with E-state index in [1.807, 2.05) is 0 Å².